The molecule has 2 aliphatic heterocycles. The van der Waals surface area contributed by atoms with Gasteiger partial charge in [0.1, 0.15) is 0 Å². The molecule has 26 heavy (non-hydrogen) atoms. The Balaban J connectivity index is 1.19. The lowest BCUT2D eigenvalue weighted by atomic mass is 9.83. The summed E-state index contributed by atoms with van der Waals surface area (Å²) in [5.41, 5.74) is 3.70. The van der Waals surface area contributed by atoms with Crippen LogP contribution in [0.25, 0.3) is 0 Å². The second-order valence-corrected chi connectivity index (χ2v) is 8.30. The quantitative estimate of drug-likeness (QED) is 0.872. The molecule has 0 bridgehead atoms. The number of hydrogen-bond acceptors (Lipinski definition) is 6. The number of rotatable bonds is 5. The molecule has 2 aromatic rings. The maximum absolute atomic E-state index is 12.1. The third-order valence-corrected chi connectivity index (χ3v) is 6.26. The molecule has 2 aromatic heterocycles. The van der Waals surface area contributed by atoms with E-state index >= 15 is 0 Å². The summed E-state index contributed by atoms with van der Waals surface area (Å²) in [7, 11) is 0. The van der Waals surface area contributed by atoms with Crippen LogP contribution < -0.4 is 5.32 Å². The van der Waals surface area contributed by atoms with Gasteiger partial charge in [0.2, 0.25) is 0 Å². The van der Waals surface area contributed by atoms with Crippen molar-refractivity contribution in [3.05, 3.63) is 46.2 Å². The van der Waals surface area contributed by atoms with Gasteiger partial charge in [0.15, 0.2) is 0 Å². The molecule has 0 aliphatic carbocycles. The fourth-order valence-corrected chi connectivity index (χ4v) is 4.54. The highest BCUT2D eigenvalue weighted by Crippen LogP contribution is 2.37. The molecule has 2 fully saturated rings. The predicted octanol–water partition coefficient (Wildman–Crippen LogP) is 2.26. The highest BCUT2D eigenvalue weighted by atomic mass is 32.1. The number of aryl methyl sites for hydroxylation is 1. The SMILES string of the molecule is Cc1ncsc1CN1CC2(CC[C@H](CNC(=O)c3cccnc3)CO2)C1. The van der Waals surface area contributed by atoms with Crippen LogP contribution in [0.3, 0.4) is 0 Å². The fourth-order valence-electron chi connectivity index (χ4n) is 3.73. The van der Waals surface area contributed by atoms with E-state index in [4.69, 9.17) is 4.74 Å². The molecule has 138 valence electrons. The Morgan fingerprint density at radius 2 is 2.38 bits per heavy atom. The van der Waals surface area contributed by atoms with E-state index in [1.165, 1.54) is 4.88 Å². The van der Waals surface area contributed by atoms with Crippen molar-refractivity contribution in [2.45, 2.75) is 31.9 Å². The topological polar surface area (TPSA) is 67.4 Å². The summed E-state index contributed by atoms with van der Waals surface area (Å²) in [5.74, 6) is 0.326. The number of pyridine rings is 1. The molecule has 1 atom stereocenters. The first-order valence-electron chi connectivity index (χ1n) is 9.07. The Hall–Kier alpha value is -1.83. The van der Waals surface area contributed by atoms with Gasteiger partial charge in [-0.05, 0) is 37.8 Å². The molecule has 0 aromatic carbocycles. The Morgan fingerprint density at radius 1 is 1.50 bits per heavy atom. The average Bonchev–Trinajstić information content (AvgIpc) is 3.05. The molecule has 2 saturated heterocycles. The van der Waals surface area contributed by atoms with Crippen LogP contribution in [-0.4, -0.2) is 52.6 Å². The van der Waals surface area contributed by atoms with Gasteiger partial charge < -0.3 is 10.1 Å². The van der Waals surface area contributed by atoms with E-state index in [-0.39, 0.29) is 11.5 Å². The van der Waals surface area contributed by atoms with Crippen molar-refractivity contribution < 1.29 is 9.53 Å². The van der Waals surface area contributed by atoms with E-state index in [1.54, 1.807) is 35.9 Å². The lowest BCUT2D eigenvalue weighted by Gasteiger charge is -2.52. The summed E-state index contributed by atoms with van der Waals surface area (Å²) in [6, 6.07) is 3.56. The summed E-state index contributed by atoms with van der Waals surface area (Å²) in [5, 5.41) is 3.00. The highest BCUT2D eigenvalue weighted by molar-refractivity contribution is 7.09. The second-order valence-electron chi connectivity index (χ2n) is 7.36. The predicted molar refractivity (Wildman–Crippen MR) is 100 cm³/mol. The minimum Gasteiger partial charge on any atom is -0.372 e. The van der Waals surface area contributed by atoms with E-state index in [9.17, 15) is 4.79 Å². The minimum atomic E-state index is -0.0619. The zero-order valence-electron chi connectivity index (χ0n) is 15.0. The number of likely N-dealkylation sites (tertiary alicyclic amines) is 1. The number of carbonyl (C=O) groups is 1. The number of nitrogens with one attached hydrogen (secondary N) is 1. The normalized spacial score (nSPS) is 22.1. The molecule has 4 rings (SSSR count). The molecule has 1 spiro atoms. The number of amides is 1. The van der Waals surface area contributed by atoms with Crippen molar-refractivity contribution in [3.63, 3.8) is 0 Å². The molecule has 0 saturated carbocycles. The smallest absolute Gasteiger partial charge is 0.252 e. The largest absolute Gasteiger partial charge is 0.372 e. The van der Waals surface area contributed by atoms with E-state index in [0.29, 0.717) is 18.0 Å². The van der Waals surface area contributed by atoms with Gasteiger partial charge in [0, 0.05) is 43.4 Å². The van der Waals surface area contributed by atoms with Crippen molar-refractivity contribution >= 4 is 17.2 Å². The summed E-state index contributed by atoms with van der Waals surface area (Å²) >= 11 is 1.73. The lowest BCUT2D eigenvalue weighted by molar-refractivity contribution is -0.181. The monoisotopic (exact) mass is 372 g/mol. The van der Waals surface area contributed by atoms with Crippen molar-refractivity contribution in [1.29, 1.82) is 0 Å². The van der Waals surface area contributed by atoms with Crippen molar-refractivity contribution in [1.82, 2.24) is 20.2 Å². The minimum absolute atomic E-state index is 0.0302. The van der Waals surface area contributed by atoms with Crippen LogP contribution in [0.1, 0.15) is 33.8 Å². The maximum atomic E-state index is 12.1. The van der Waals surface area contributed by atoms with E-state index in [2.05, 4.69) is 27.1 Å². The summed E-state index contributed by atoms with van der Waals surface area (Å²) in [4.78, 5) is 24.2. The van der Waals surface area contributed by atoms with Gasteiger partial charge in [0.05, 0.1) is 29.0 Å². The number of thiazole rings is 1. The molecule has 4 heterocycles. The molecule has 0 unspecified atom stereocenters. The number of carbonyl (C=O) groups excluding carboxylic acids is 1. The van der Waals surface area contributed by atoms with Crippen molar-refractivity contribution in [3.8, 4) is 0 Å². The molecule has 1 N–H and O–H groups in total. The maximum Gasteiger partial charge on any atom is 0.252 e. The third kappa shape index (κ3) is 3.79. The van der Waals surface area contributed by atoms with Gasteiger partial charge in [-0.1, -0.05) is 0 Å². The molecule has 2 aliphatic rings. The standard InChI is InChI=1S/C19H24N4O2S/c1-14-17(26-13-22-14)9-23-11-19(12-23)5-4-15(10-25-19)7-21-18(24)16-3-2-6-20-8-16/h2-3,6,8,13,15H,4-5,7,9-12H2,1H3,(H,21,24)/t15-/m1/s1. The van der Waals surface area contributed by atoms with Crippen LogP contribution in [0.5, 0.6) is 0 Å². The first-order chi connectivity index (χ1) is 12.6. The zero-order valence-corrected chi connectivity index (χ0v) is 15.8. The van der Waals surface area contributed by atoms with Gasteiger partial charge in [-0.15, -0.1) is 11.3 Å². The highest BCUT2D eigenvalue weighted by Gasteiger charge is 2.46. The van der Waals surface area contributed by atoms with Gasteiger partial charge in [-0.3, -0.25) is 14.7 Å². The molecule has 0 radical (unpaired) electrons. The van der Waals surface area contributed by atoms with E-state index < -0.39 is 0 Å². The van der Waals surface area contributed by atoms with Gasteiger partial charge in [-0.25, -0.2) is 4.98 Å². The second kappa shape index (κ2) is 7.42. The first kappa shape index (κ1) is 17.6. The Kier molecular flexibility index (Phi) is 5.02. The van der Waals surface area contributed by atoms with Gasteiger partial charge in [-0.2, -0.15) is 0 Å². The number of nitrogens with zero attached hydrogens (tertiary/aromatic N) is 3. The van der Waals surface area contributed by atoms with Crippen LogP contribution in [0.2, 0.25) is 0 Å². The molecule has 7 heteroatoms. The van der Waals surface area contributed by atoms with Crippen LogP contribution in [0, 0.1) is 12.8 Å². The molecule has 6 nitrogen and oxygen atoms in total. The number of aromatic nitrogens is 2. The van der Waals surface area contributed by atoms with Crippen LogP contribution in [0.4, 0.5) is 0 Å². The van der Waals surface area contributed by atoms with Crippen molar-refractivity contribution in [2.75, 3.05) is 26.2 Å². The lowest BCUT2D eigenvalue weighted by Crippen LogP contribution is -2.64. The number of ether oxygens (including phenoxy) is 1. The summed E-state index contributed by atoms with van der Waals surface area (Å²) < 4.78 is 6.21. The first-order valence-corrected chi connectivity index (χ1v) is 9.95. The van der Waals surface area contributed by atoms with Gasteiger partial charge in [0.25, 0.3) is 5.91 Å². The summed E-state index contributed by atoms with van der Waals surface area (Å²) in [6.45, 7) is 6.43. The third-order valence-electron chi connectivity index (χ3n) is 5.34. The summed E-state index contributed by atoms with van der Waals surface area (Å²) in [6.07, 6.45) is 5.43. The molecular weight excluding hydrogens is 348 g/mol. The Labute approximate surface area is 157 Å². The zero-order chi connectivity index (χ0) is 18.0. The van der Waals surface area contributed by atoms with E-state index in [1.807, 2.05) is 5.51 Å². The van der Waals surface area contributed by atoms with E-state index in [0.717, 1.165) is 44.8 Å². The Morgan fingerprint density at radius 3 is 3.04 bits per heavy atom. The van der Waals surface area contributed by atoms with Crippen LogP contribution in [-0.2, 0) is 11.3 Å². The van der Waals surface area contributed by atoms with Gasteiger partial charge >= 0.3 is 0 Å². The van der Waals surface area contributed by atoms with Crippen molar-refractivity contribution in [2.24, 2.45) is 5.92 Å². The molecule has 1 amide bonds. The van der Waals surface area contributed by atoms with Crippen LogP contribution >= 0.6 is 11.3 Å². The number of hydrogen-bond donors (Lipinski definition) is 1. The Bertz CT molecular complexity index is 748. The van der Waals surface area contributed by atoms with Crippen LogP contribution in [0.15, 0.2) is 30.0 Å². The fraction of sp³-hybridized carbons (Fsp3) is 0.526. The molecular formula is C19H24N4O2S. The average molecular weight is 372 g/mol.